The quantitative estimate of drug-likeness (QED) is 0.586. The molecule has 1 aliphatic carbocycles. The average molecular weight is 458 g/mol. The predicted molar refractivity (Wildman–Crippen MR) is 131 cm³/mol. The van der Waals surface area contributed by atoms with Crippen LogP contribution < -0.4 is 5.32 Å². The molecule has 2 saturated heterocycles. The van der Waals surface area contributed by atoms with Gasteiger partial charge < -0.3 is 15.2 Å². The number of carbonyl (C=O) groups excluding carboxylic acids is 1. The summed E-state index contributed by atoms with van der Waals surface area (Å²) in [5, 5.41) is 13.5. The van der Waals surface area contributed by atoms with Gasteiger partial charge in [0.2, 0.25) is 0 Å². The maximum absolute atomic E-state index is 11.2. The number of nitrogens with zero attached hydrogens (tertiary/aromatic N) is 2. The van der Waals surface area contributed by atoms with Crippen LogP contribution in [0.4, 0.5) is 5.82 Å². The summed E-state index contributed by atoms with van der Waals surface area (Å²) in [7, 11) is 1.00. The Hall–Kier alpha value is -1.69. The monoisotopic (exact) mass is 457 g/mol. The number of aliphatic hydroxyl groups excluding tert-OH is 1. The number of carbonyl (C=O) groups is 1. The van der Waals surface area contributed by atoms with E-state index in [1.54, 1.807) is 0 Å². The summed E-state index contributed by atoms with van der Waals surface area (Å²) in [4.78, 5) is 18.5. The third-order valence-electron chi connectivity index (χ3n) is 7.73. The number of pyridine rings is 1. The molecule has 0 radical (unpaired) electrons. The molecule has 1 saturated carbocycles. The van der Waals surface area contributed by atoms with Crippen molar-refractivity contribution in [2.45, 2.75) is 83.0 Å². The lowest BCUT2D eigenvalue weighted by molar-refractivity contribution is -0.113. The fraction of sp³-hybridized carbons (Fsp3) is 0.615. The van der Waals surface area contributed by atoms with Crippen molar-refractivity contribution in [3.63, 3.8) is 0 Å². The molecule has 174 valence electrons. The maximum Gasteiger partial charge on any atom is 0.145 e. The first-order valence-electron chi connectivity index (χ1n) is 12.1. The summed E-state index contributed by atoms with van der Waals surface area (Å²) in [5.41, 5.74) is 1.31. The van der Waals surface area contributed by atoms with Crippen LogP contribution in [0.2, 0.25) is 5.02 Å². The van der Waals surface area contributed by atoms with Gasteiger partial charge in [-0.25, -0.2) is 4.98 Å². The summed E-state index contributed by atoms with van der Waals surface area (Å²) in [6, 6.07) is 8.20. The second-order valence-electron chi connectivity index (χ2n) is 9.87. The van der Waals surface area contributed by atoms with Gasteiger partial charge in [-0.1, -0.05) is 30.7 Å². The highest BCUT2D eigenvalue weighted by Crippen LogP contribution is 2.39. The van der Waals surface area contributed by atoms with E-state index >= 15 is 0 Å². The Kier molecular flexibility index (Phi) is 7.70. The summed E-state index contributed by atoms with van der Waals surface area (Å²) in [6.07, 6.45) is 12.6. The topological polar surface area (TPSA) is 65.5 Å². The van der Waals surface area contributed by atoms with E-state index in [4.69, 9.17) is 16.7 Å². The van der Waals surface area contributed by atoms with Crippen molar-refractivity contribution in [1.29, 1.82) is 0 Å². The van der Waals surface area contributed by atoms with Crippen molar-refractivity contribution >= 4 is 34.5 Å². The van der Waals surface area contributed by atoms with Gasteiger partial charge in [0, 0.05) is 54.7 Å². The molecular weight excluding hydrogens is 422 g/mol. The molecule has 5 rings (SSSR count). The Morgan fingerprint density at radius 3 is 2.47 bits per heavy atom. The Balaban J connectivity index is 0.00000119. The maximum atomic E-state index is 11.2. The summed E-state index contributed by atoms with van der Waals surface area (Å²) < 4.78 is 0. The third kappa shape index (κ3) is 4.95. The van der Waals surface area contributed by atoms with Crippen LogP contribution in [0.25, 0.3) is 10.8 Å². The highest BCUT2D eigenvalue weighted by molar-refractivity contribution is 6.37. The molecule has 2 aliphatic heterocycles. The second kappa shape index (κ2) is 10.5. The van der Waals surface area contributed by atoms with Gasteiger partial charge in [-0.2, -0.15) is 0 Å². The lowest BCUT2D eigenvalue weighted by Crippen LogP contribution is -2.42. The highest BCUT2D eigenvalue weighted by atomic mass is 35.5. The van der Waals surface area contributed by atoms with Crippen molar-refractivity contribution in [3.05, 3.63) is 35.0 Å². The Bertz CT molecular complexity index is 915. The molecule has 32 heavy (non-hydrogen) atoms. The van der Waals surface area contributed by atoms with Gasteiger partial charge in [0.25, 0.3) is 0 Å². The number of aldehydes is 1. The number of anilines is 1. The average Bonchev–Trinajstić information content (AvgIpc) is 3.05. The molecule has 3 aliphatic rings. The van der Waals surface area contributed by atoms with E-state index in [1.165, 1.54) is 50.4 Å². The zero-order valence-corrected chi connectivity index (χ0v) is 20.0. The molecule has 2 N–H and O–H groups in total. The van der Waals surface area contributed by atoms with Gasteiger partial charge in [0.15, 0.2) is 0 Å². The van der Waals surface area contributed by atoms with Crippen molar-refractivity contribution < 1.29 is 9.90 Å². The molecule has 5 nitrogen and oxygen atoms in total. The van der Waals surface area contributed by atoms with E-state index in [9.17, 15) is 4.79 Å². The Morgan fingerprint density at radius 1 is 1.12 bits per heavy atom. The number of fused-ring (bicyclic) bond motifs is 3. The summed E-state index contributed by atoms with van der Waals surface area (Å²) >= 11 is 6.75. The first kappa shape index (κ1) is 23.5. The van der Waals surface area contributed by atoms with Crippen LogP contribution in [0.5, 0.6) is 0 Å². The molecule has 3 fully saturated rings. The molecule has 2 bridgehead atoms. The first-order valence-corrected chi connectivity index (χ1v) is 12.5. The van der Waals surface area contributed by atoms with Crippen molar-refractivity contribution in [1.82, 2.24) is 9.88 Å². The lowest BCUT2D eigenvalue weighted by atomic mass is 9.87. The zero-order chi connectivity index (χ0) is 22.7. The fourth-order valence-electron chi connectivity index (χ4n) is 5.93. The molecule has 2 unspecified atom stereocenters. The van der Waals surface area contributed by atoms with Crippen LogP contribution in [0, 0.1) is 11.8 Å². The second-order valence-corrected chi connectivity index (χ2v) is 10.2. The van der Waals surface area contributed by atoms with E-state index < -0.39 is 0 Å². The minimum Gasteiger partial charge on any atom is -0.400 e. The zero-order valence-electron chi connectivity index (χ0n) is 19.3. The number of aromatic nitrogens is 1. The van der Waals surface area contributed by atoms with Crippen LogP contribution in [0.15, 0.2) is 24.4 Å². The van der Waals surface area contributed by atoms with Crippen LogP contribution in [0.1, 0.15) is 63.9 Å². The smallest absolute Gasteiger partial charge is 0.145 e. The van der Waals surface area contributed by atoms with Gasteiger partial charge in [-0.3, -0.25) is 4.90 Å². The Morgan fingerprint density at radius 2 is 1.81 bits per heavy atom. The van der Waals surface area contributed by atoms with Gasteiger partial charge in [0.1, 0.15) is 12.1 Å². The van der Waals surface area contributed by atoms with E-state index in [-0.39, 0.29) is 5.92 Å². The molecule has 0 amide bonds. The standard InChI is InChI=1S/C25H32ClN3O.CH4O/c1-16-2-5-20(6-3-16)28-25-24(26)23-9-4-17(10-19(23)13-27-25)14-29-21-7-8-22(29)12-18(11-21)15-30;1-2/h4,9-10,13,15-16,18,20-22H,2-3,5-8,11-12,14H2,1H3,(H,27,28);2H,1H3. The molecule has 0 spiro atoms. The first-order chi connectivity index (χ1) is 15.6. The molecule has 1 aromatic heterocycles. The van der Waals surface area contributed by atoms with E-state index in [0.29, 0.717) is 18.1 Å². The number of piperidine rings is 1. The Labute approximate surface area is 196 Å². The van der Waals surface area contributed by atoms with E-state index in [2.05, 4.69) is 40.3 Å². The number of hydrogen-bond acceptors (Lipinski definition) is 5. The summed E-state index contributed by atoms with van der Waals surface area (Å²) in [5.74, 6) is 1.92. The van der Waals surface area contributed by atoms with Gasteiger partial charge in [-0.05, 0) is 68.9 Å². The normalized spacial score (nSPS) is 29.9. The van der Waals surface area contributed by atoms with Gasteiger partial charge in [0.05, 0.1) is 5.02 Å². The minimum atomic E-state index is 0.261. The number of nitrogens with one attached hydrogen (secondary N) is 1. The molecule has 3 heterocycles. The van der Waals surface area contributed by atoms with Crippen LogP contribution >= 0.6 is 11.6 Å². The molecule has 1 aromatic carbocycles. The molecule has 6 heteroatoms. The van der Waals surface area contributed by atoms with Crippen LogP contribution in [-0.2, 0) is 11.3 Å². The van der Waals surface area contributed by atoms with E-state index in [1.807, 2.05) is 6.20 Å². The predicted octanol–water partition coefficient (Wildman–Crippen LogP) is 5.43. The molecular formula is C26H36ClN3O2. The van der Waals surface area contributed by atoms with Crippen molar-refractivity contribution in [2.24, 2.45) is 11.8 Å². The molecule has 2 aromatic rings. The molecule has 2 atom stereocenters. The number of halogens is 1. The summed E-state index contributed by atoms with van der Waals surface area (Å²) in [6.45, 7) is 3.29. The third-order valence-corrected chi connectivity index (χ3v) is 8.11. The van der Waals surface area contributed by atoms with Crippen LogP contribution in [-0.4, -0.2) is 46.5 Å². The van der Waals surface area contributed by atoms with Crippen molar-refractivity contribution in [3.8, 4) is 0 Å². The number of benzene rings is 1. The number of aliphatic hydroxyl groups is 1. The highest BCUT2D eigenvalue weighted by Gasteiger charge is 2.40. The van der Waals surface area contributed by atoms with Gasteiger partial charge >= 0.3 is 0 Å². The fourth-order valence-corrected chi connectivity index (χ4v) is 6.21. The largest absolute Gasteiger partial charge is 0.400 e. The van der Waals surface area contributed by atoms with E-state index in [0.717, 1.165) is 54.0 Å². The minimum absolute atomic E-state index is 0.261. The number of rotatable bonds is 5. The van der Waals surface area contributed by atoms with Gasteiger partial charge in [-0.15, -0.1) is 0 Å². The SMILES string of the molecule is CC1CCC(Nc2ncc3cc(CN4C5CCC4CC(C=O)C5)ccc3c2Cl)CC1.CO. The number of hydrogen-bond donors (Lipinski definition) is 2. The van der Waals surface area contributed by atoms with Crippen LogP contribution in [0.3, 0.4) is 0 Å². The van der Waals surface area contributed by atoms with Crippen molar-refractivity contribution in [2.75, 3.05) is 12.4 Å². The lowest BCUT2D eigenvalue weighted by Gasteiger charge is -2.37.